The van der Waals surface area contributed by atoms with E-state index < -0.39 is 26.8 Å². The van der Waals surface area contributed by atoms with Crippen molar-refractivity contribution in [2.75, 3.05) is 0 Å². The molecule has 0 aromatic heterocycles. The van der Waals surface area contributed by atoms with Crippen LogP contribution < -0.4 is 34.0 Å². The maximum atomic E-state index is 2.56. The molecule has 0 spiro atoms. The second-order valence-electron chi connectivity index (χ2n) is 8.28. The van der Waals surface area contributed by atoms with Gasteiger partial charge in [0.1, 0.15) is 0 Å². The smallest absolute Gasteiger partial charge is 1.00 e. The van der Waals surface area contributed by atoms with Gasteiger partial charge in [-0.05, 0) is 0 Å². The van der Waals surface area contributed by atoms with Crippen molar-refractivity contribution in [1.29, 1.82) is 0 Å². The number of allylic oxidation sites excluding steroid dienone is 2. The first-order valence-electron chi connectivity index (χ1n) is 11.2. The largest absolute Gasteiger partial charge is 1.00 e. The van der Waals surface area contributed by atoms with Crippen molar-refractivity contribution in [1.82, 2.24) is 0 Å². The number of hydrogen-bond acceptors (Lipinski definition) is 0. The predicted molar refractivity (Wildman–Crippen MR) is 123 cm³/mol. The van der Waals surface area contributed by atoms with Crippen LogP contribution in [0, 0.1) is 0 Å². The summed E-state index contributed by atoms with van der Waals surface area (Å²) in [7, 11) is 0. The fourth-order valence-corrected chi connectivity index (χ4v) is 34.0. The SMILES string of the molecule is CCC1=Cc2ccccc2[CH]1[Zr+2]([CH]1C(CC)=Cc2ccccc21)[SiH](CC)CC.[Br-].[Br-]. The van der Waals surface area contributed by atoms with Crippen LogP contribution in [0.5, 0.6) is 0 Å². The minimum Gasteiger partial charge on any atom is -1.00 e. The molecule has 0 saturated carbocycles. The van der Waals surface area contributed by atoms with Gasteiger partial charge in [0.05, 0.1) is 0 Å². The van der Waals surface area contributed by atoms with E-state index in [0.717, 1.165) is 7.25 Å². The van der Waals surface area contributed by atoms with Gasteiger partial charge >= 0.3 is 181 Å². The molecule has 2 aromatic rings. The Morgan fingerprint density at radius 2 is 1.07 bits per heavy atom. The quantitative estimate of drug-likeness (QED) is 0.410. The molecule has 0 heterocycles. The molecular weight excluding hydrogens is 591 g/mol. The normalized spacial score (nSPS) is 18.7. The topological polar surface area (TPSA) is 0 Å². The average molecular weight is 625 g/mol. The summed E-state index contributed by atoms with van der Waals surface area (Å²) in [6.45, 7) is 9.79. The summed E-state index contributed by atoms with van der Waals surface area (Å²) in [6.07, 6.45) is 7.57. The van der Waals surface area contributed by atoms with E-state index in [1.807, 2.05) is 0 Å². The monoisotopic (exact) mass is 621 g/mol. The van der Waals surface area contributed by atoms with E-state index in [4.69, 9.17) is 0 Å². The van der Waals surface area contributed by atoms with E-state index in [-0.39, 0.29) is 34.0 Å². The summed E-state index contributed by atoms with van der Waals surface area (Å²) in [5, 5.41) is 0. The molecule has 0 N–H and O–H groups in total. The molecule has 2 aliphatic rings. The van der Waals surface area contributed by atoms with Gasteiger partial charge in [-0.1, -0.05) is 0 Å². The zero-order chi connectivity index (χ0) is 19.7. The minimum absolute atomic E-state index is 0. The Morgan fingerprint density at radius 1 is 0.667 bits per heavy atom. The van der Waals surface area contributed by atoms with E-state index in [2.05, 4.69) is 88.4 Å². The van der Waals surface area contributed by atoms with Crippen LogP contribution in [-0.4, -0.2) is 5.92 Å². The van der Waals surface area contributed by atoms with Crippen molar-refractivity contribution in [2.24, 2.45) is 0 Å². The Hall–Kier alpha value is -0.0200. The second kappa shape index (κ2) is 11.7. The Balaban J connectivity index is 0.00000160. The summed E-state index contributed by atoms with van der Waals surface area (Å²) in [4.78, 5) is 0. The average Bonchev–Trinajstić information content (AvgIpc) is 3.30. The van der Waals surface area contributed by atoms with E-state index in [1.165, 1.54) is 36.1 Å². The molecular formula is C26H33Br2SiZr. The van der Waals surface area contributed by atoms with Crippen LogP contribution in [0.4, 0.5) is 0 Å². The molecule has 2 unspecified atom stereocenters. The zero-order valence-corrected chi connectivity index (χ0v) is 25.4. The van der Waals surface area contributed by atoms with E-state index >= 15 is 0 Å². The molecule has 159 valence electrons. The Morgan fingerprint density at radius 3 is 1.43 bits per heavy atom. The molecule has 2 aromatic carbocycles. The molecule has 2 aliphatic carbocycles. The van der Waals surface area contributed by atoms with E-state index in [9.17, 15) is 0 Å². The Kier molecular flexibility index (Phi) is 10.3. The summed E-state index contributed by atoms with van der Waals surface area (Å²) >= 11 is -1.85. The van der Waals surface area contributed by atoms with Gasteiger partial charge in [-0.2, -0.15) is 0 Å². The zero-order valence-electron chi connectivity index (χ0n) is 18.6. The van der Waals surface area contributed by atoms with Crippen LogP contribution in [0.15, 0.2) is 59.7 Å². The van der Waals surface area contributed by atoms with Crippen LogP contribution in [0.3, 0.4) is 0 Å². The van der Waals surface area contributed by atoms with Crippen LogP contribution >= 0.6 is 0 Å². The van der Waals surface area contributed by atoms with Crippen molar-refractivity contribution in [3.05, 3.63) is 81.9 Å². The minimum atomic E-state index is -1.85. The van der Waals surface area contributed by atoms with Gasteiger partial charge in [-0.15, -0.1) is 0 Å². The van der Waals surface area contributed by atoms with Gasteiger partial charge in [0, 0.05) is 0 Å². The molecule has 0 radical (unpaired) electrons. The van der Waals surface area contributed by atoms with Crippen LogP contribution in [0.2, 0.25) is 12.1 Å². The summed E-state index contributed by atoms with van der Waals surface area (Å²) in [5.41, 5.74) is 9.94. The van der Waals surface area contributed by atoms with Gasteiger partial charge in [0.15, 0.2) is 0 Å². The molecule has 2 atom stereocenters. The van der Waals surface area contributed by atoms with Gasteiger partial charge in [0.2, 0.25) is 0 Å². The van der Waals surface area contributed by atoms with E-state index in [0.29, 0.717) is 0 Å². The molecule has 0 aliphatic heterocycles. The summed E-state index contributed by atoms with van der Waals surface area (Å²) in [5.74, 6) is -0.721. The fraction of sp³-hybridized carbons (Fsp3) is 0.385. The second-order valence-corrected chi connectivity index (χ2v) is 26.6. The number of rotatable bonds is 7. The van der Waals surface area contributed by atoms with Crippen molar-refractivity contribution >= 4 is 18.1 Å². The van der Waals surface area contributed by atoms with Crippen LogP contribution in [0.1, 0.15) is 70.0 Å². The molecule has 0 nitrogen and oxygen atoms in total. The number of fused-ring (bicyclic) bond motifs is 2. The predicted octanol–water partition coefficient (Wildman–Crippen LogP) is 1.47. The third-order valence-corrected chi connectivity index (χ3v) is 33.4. The van der Waals surface area contributed by atoms with Crippen LogP contribution in [-0.2, 0) is 20.9 Å². The van der Waals surface area contributed by atoms with E-state index in [1.54, 1.807) is 22.3 Å². The summed E-state index contributed by atoms with van der Waals surface area (Å²) < 4.78 is 1.62. The third-order valence-electron chi connectivity index (χ3n) is 6.98. The molecule has 0 amide bonds. The number of halogens is 2. The van der Waals surface area contributed by atoms with Crippen molar-refractivity contribution in [3.8, 4) is 0 Å². The molecule has 0 saturated heterocycles. The molecule has 0 bridgehead atoms. The molecule has 4 heteroatoms. The number of hydrogen-bond donors (Lipinski definition) is 0. The van der Waals surface area contributed by atoms with Crippen molar-refractivity contribution in [3.63, 3.8) is 0 Å². The molecule has 30 heavy (non-hydrogen) atoms. The molecule has 0 fully saturated rings. The molecule has 4 rings (SSSR count). The van der Waals surface area contributed by atoms with Gasteiger partial charge in [-0.3, -0.25) is 0 Å². The first-order valence-corrected chi connectivity index (χ1v) is 20.5. The van der Waals surface area contributed by atoms with Gasteiger partial charge in [0.25, 0.3) is 0 Å². The first kappa shape index (κ1) is 26.2. The standard InChI is InChI=1S/2C11H11.C4H11Si.2BrH.Zr/c2*1-2-9-7-10-5-3-4-6-11(10)8-9;1-3-5-4-2;;;/h2*3-8H,2H2,1H3;5H,3-4H2,1-2H3;2*1H;/q;;;;;+2/p-2. The van der Waals surface area contributed by atoms with Gasteiger partial charge in [-0.25, -0.2) is 0 Å². The van der Waals surface area contributed by atoms with Crippen LogP contribution in [0.25, 0.3) is 12.2 Å². The third kappa shape index (κ3) is 4.68. The van der Waals surface area contributed by atoms with Gasteiger partial charge < -0.3 is 34.0 Å². The van der Waals surface area contributed by atoms with Crippen molar-refractivity contribution < 1.29 is 54.9 Å². The Bertz CT molecular complexity index is 847. The maximum absolute atomic E-state index is 2.56. The Labute approximate surface area is 213 Å². The maximum Gasteiger partial charge on any atom is -1.00 e. The fourth-order valence-electron chi connectivity index (χ4n) is 5.57. The summed E-state index contributed by atoms with van der Waals surface area (Å²) in [6, 6.07) is 21.6. The van der Waals surface area contributed by atoms with Crippen molar-refractivity contribution in [2.45, 2.75) is 59.9 Å². The first-order chi connectivity index (χ1) is 13.7. The number of benzene rings is 2.